The van der Waals surface area contributed by atoms with Crippen molar-refractivity contribution >= 4 is 15.9 Å². The molecule has 4 nitrogen and oxygen atoms in total. The second kappa shape index (κ2) is 6.89. The molecule has 1 saturated heterocycles. The van der Waals surface area contributed by atoms with E-state index in [1.807, 2.05) is 25.1 Å². The molecule has 5 heteroatoms. The van der Waals surface area contributed by atoms with Crippen molar-refractivity contribution in [3.05, 3.63) is 28.2 Å². The minimum absolute atomic E-state index is 0.186. The number of halogens is 1. The number of aryl methyl sites for hydroxylation is 1. The van der Waals surface area contributed by atoms with Crippen molar-refractivity contribution in [1.82, 2.24) is 0 Å². The van der Waals surface area contributed by atoms with Crippen LogP contribution in [0.25, 0.3) is 0 Å². The standard InChI is InChI=1S/C15H21BrO4/c1-11-8-12(16)2-3-14(11)20-10-13(17)9-15(18)4-6-19-7-5-15/h2-3,8,13,17-18H,4-7,9-10H2,1H3. The Kier molecular flexibility index (Phi) is 5.43. The van der Waals surface area contributed by atoms with E-state index >= 15 is 0 Å². The van der Waals surface area contributed by atoms with Crippen molar-refractivity contribution in [1.29, 1.82) is 0 Å². The summed E-state index contributed by atoms with van der Waals surface area (Å²) in [5, 5.41) is 20.4. The van der Waals surface area contributed by atoms with E-state index in [2.05, 4.69) is 15.9 Å². The summed E-state index contributed by atoms with van der Waals surface area (Å²) in [6.07, 6.45) is 0.787. The molecular weight excluding hydrogens is 324 g/mol. The first kappa shape index (κ1) is 15.8. The predicted molar refractivity (Wildman–Crippen MR) is 80.0 cm³/mol. The molecule has 1 atom stereocenters. The summed E-state index contributed by atoms with van der Waals surface area (Å²) in [6.45, 7) is 3.25. The van der Waals surface area contributed by atoms with E-state index in [0.717, 1.165) is 15.8 Å². The van der Waals surface area contributed by atoms with Gasteiger partial charge in [-0.2, -0.15) is 0 Å². The largest absolute Gasteiger partial charge is 0.491 e. The topological polar surface area (TPSA) is 58.9 Å². The van der Waals surface area contributed by atoms with Crippen LogP contribution in [0.5, 0.6) is 5.75 Å². The molecule has 1 aromatic carbocycles. The minimum Gasteiger partial charge on any atom is -0.491 e. The third-order valence-corrected chi connectivity index (χ3v) is 4.10. The first-order valence-corrected chi connectivity index (χ1v) is 7.65. The molecule has 0 radical (unpaired) electrons. The van der Waals surface area contributed by atoms with E-state index in [4.69, 9.17) is 9.47 Å². The van der Waals surface area contributed by atoms with Crippen molar-refractivity contribution in [3.8, 4) is 5.75 Å². The highest BCUT2D eigenvalue weighted by atomic mass is 79.9. The Balaban J connectivity index is 1.84. The van der Waals surface area contributed by atoms with Crippen LogP contribution in [0.15, 0.2) is 22.7 Å². The SMILES string of the molecule is Cc1cc(Br)ccc1OCC(O)CC1(O)CCOCC1. The van der Waals surface area contributed by atoms with Gasteiger partial charge in [0.25, 0.3) is 0 Å². The van der Waals surface area contributed by atoms with Gasteiger partial charge in [0.1, 0.15) is 12.4 Å². The summed E-state index contributed by atoms with van der Waals surface area (Å²) in [5.41, 5.74) is 0.187. The van der Waals surface area contributed by atoms with Crippen LogP contribution < -0.4 is 4.74 Å². The predicted octanol–water partition coefficient (Wildman–Crippen LogP) is 2.43. The highest BCUT2D eigenvalue weighted by Gasteiger charge is 2.32. The van der Waals surface area contributed by atoms with Crippen LogP contribution in [-0.2, 0) is 4.74 Å². The molecule has 2 N–H and O–H groups in total. The average molecular weight is 345 g/mol. The first-order valence-electron chi connectivity index (χ1n) is 6.86. The molecule has 2 rings (SSSR count). The molecule has 1 aliphatic rings. The number of hydrogen-bond acceptors (Lipinski definition) is 4. The molecular formula is C15H21BrO4. The van der Waals surface area contributed by atoms with E-state index in [0.29, 0.717) is 32.5 Å². The molecule has 0 saturated carbocycles. The maximum Gasteiger partial charge on any atom is 0.122 e. The Morgan fingerprint density at radius 1 is 1.40 bits per heavy atom. The third kappa shape index (κ3) is 4.45. The number of rotatable bonds is 5. The fraction of sp³-hybridized carbons (Fsp3) is 0.600. The molecule has 1 aromatic rings. The summed E-state index contributed by atoms with van der Waals surface area (Å²) < 4.78 is 11.9. The van der Waals surface area contributed by atoms with Crippen LogP contribution in [-0.4, -0.2) is 41.7 Å². The van der Waals surface area contributed by atoms with E-state index in [1.165, 1.54) is 0 Å². The Labute approximate surface area is 127 Å². The van der Waals surface area contributed by atoms with E-state index in [1.54, 1.807) is 0 Å². The molecule has 0 bridgehead atoms. The van der Waals surface area contributed by atoms with Crippen LogP contribution in [0.1, 0.15) is 24.8 Å². The van der Waals surface area contributed by atoms with Gasteiger partial charge in [0.15, 0.2) is 0 Å². The van der Waals surface area contributed by atoms with E-state index in [9.17, 15) is 10.2 Å². The molecule has 0 amide bonds. The second-order valence-corrected chi connectivity index (χ2v) is 6.33. The molecule has 1 heterocycles. The summed E-state index contributed by atoms with van der Waals surface area (Å²) in [6, 6.07) is 5.74. The fourth-order valence-corrected chi connectivity index (χ4v) is 2.89. The lowest BCUT2D eigenvalue weighted by atomic mass is 9.88. The number of hydrogen-bond donors (Lipinski definition) is 2. The average Bonchev–Trinajstić information content (AvgIpc) is 2.38. The molecule has 0 spiro atoms. The monoisotopic (exact) mass is 344 g/mol. The maximum atomic E-state index is 10.3. The Morgan fingerprint density at radius 3 is 2.75 bits per heavy atom. The van der Waals surface area contributed by atoms with Crippen molar-refractivity contribution in [2.45, 2.75) is 37.9 Å². The van der Waals surface area contributed by atoms with Gasteiger partial charge in [-0.25, -0.2) is 0 Å². The van der Waals surface area contributed by atoms with E-state index in [-0.39, 0.29) is 6.61 Å². The van der Waals surface area contributed by atoms with Crippen LogP contribution in [0.2, 0.25) is 0 Å². The Morgan fingerprint density at radius 2 is 2.10 bits per heavy atom. The quantitative estimate of drug-likeness (QED) is 0.861. The van der Waals surface area contributed by atoms with Crippen LogP contribution in [0, 0.1) is 6.92 Å². The molecule has 1 fully saturated rings. The van der Waals surface area contributed by atoms with Crippen LogP contribution in [0.4, 0.5) is 0 Å². The number of aliphatic hydroxyl groups is 2. The normalized spacial score (nSPS) is 19.6. The molecule has 112 valence electrons. The van der Waals surface area contributed by atoms with Gasteiger partial charge in [-0.3, -0.25) is 0 Å². The van der Waals surface area contributed by atoms with Gasteiger partial charge in [0, 0.05) is 24.1 Å². The smallest absolute Gasteiger partial charge is 0.122 e. The number of aliphatic hydroxyl groups excluding tert-OH is 1. The van der Waals surface area contributed by atoms with Gasteiger partial charge in [0.05, 0.1) is 11.7 Å². The lowest BCUT2D eigenvalue weighted by Gasteiger charge is -2.33. The summed E-state index contributed by atoms with van der Waals surface area (Å²) in [5.74, 6) is 0.756. The zero-order valence-corrected chi connectivity index (χ0v) is 13.2. The lowest BCUT2D eigenvalue weighted by Crippen LogP contribution is -2.40. The molecule has 1 unspecified atom stereocenters. The lowest BCUT2D eigenvalue weighted by molar-refractivity contribution is -0.0906. The van der Waals surface area contributed by atoms with Gasteiger partial charge in [-0.1, -0.05) is 15.9 Å². The highest BCUT2D eigenvalue weighted by molar-refractivity contribution is 9.10. The van der Waals surface area contributed by atoms with Crippen molar-refractivity contribution in [2.75, 3.05) is 19.8 Å². The molecule has 20 heavy (non-hydrogen) atoms. The maximum absolute atomic E-state index is 10.3. The highest BCUT2D eigenvalue weighted by Crippen LogP contribution is 2.27. The van der Waals surface area contributed by atoms with Gasteiger partial charge in [0.2, 0.25) is 0 Å². The zero-order chi connectivity index (χ0) is 14.6. The summed E-state index contributed by atoms with van der Waals surface area (Å²) in [7, 11) is 0. The van der Waals surface area contributed by atoms with Crippen molar-refractivity contribution in [2.24, 2.45) is 0 Å². The summed E-state index contributed by atoms with van der Waals surface area (Å²) in [4.78, 5) is 0. The number of benzene rings is 1. The zero-order valence-electron chi connectivity index (χ0n) is 11.6. The van der Waals surface area contributed by atoms with Gasteiger partial charge in [-0.05, 0) is 43.5 Å². The second-order valence-electron chi connectivity index (χ2n) is 5.42. The first-order chi connectivity index (χ1) is 9.48. The molecule has 0 aliphatic carbocycles. The Bertz CT molecular complexity index is 443. The van der Waals surface area contributed by atoms with Crippen molar-refractivity contribution in [3.63, 3.8) is 0 Å². The number of ether oxygens (including phenoxy) is 2. The molecule has 1 aliphatic heterocycles. The van der Waals surface area contributed by atoms with Gasteiger partial charge >= 0.3 is 0 Å². The van der Waals surface area contributed by atoms with Gasteiger partial charge < -0.3 is 19.7 Å². The van der Waals surface area contributed by atoms with Crippen LogP contribution in [0.3, 0.4) is 0 Å². The Hall–Kier alpha value is -0.620. The van der Waals surface area contributed by atoms with Crippen molar-refractivity contribution < 1.29 is 19.7 Å². The third-order valence-electron chi connectivity index (χ3n) is 3.61. The van der Waals surface area contributed by atoms with E-state index < -0.39 is 11.7 Å². The molecule has 0 aromatic heterocycles. The fourth-order valence-electron chi connectivity index (χ4n) is 2.41. The minimum atomic E-state index is -0.824. The van der Waals surface area contributed by atoms with Crippen LogP contribution >= 0.6 is 15.9 Å². The van der Waals surface area contributed by atoms with Gasteiger partial charge in [-0.15, -0.1) is 0 Å². The summed E-state index contributed by atoms with van der Waals surface area (Å²) >= 11 is 3.40.